The first-order valence-corrected chi connectivity index (χ1v) is 7.39. The molecule has 3 nitrogen and oxygen atoms in total. The lowest BCUT2D eigenvalue weighted by Gasteiger charge is -2.33. The van der Waals surface area contributed by atoms with Gasteiger partial charge in [0.25, 0.3) is 0 Å². The number of rotatable bonds is 4. The Hall–Kier alpha value is -1.22. The van der Waals surface area contributed by atoms with E-state index in [1.54, 1.807) is 7.11 Å². The molecule has 1 unspecified atom stereocenters. The summed E-state index contributed by atoms with van der Waals surface area (Å²) in [7, 11) is 1.68. The van der Waals surface area contributed by atoms with Gasteiger partial charge in [-0.15, -0.1) is 11.6 Å². The Morgan fingerprint density at radius 1 is 1.47 bits per heavy atom. The van der Waals surface area contributed by atoms with Crippen molar-refractivity contribution >= 4 is 22.6 Å². The molecule has 19 heavy (non-hydrogen) atoms. The Morgan fingerprint density at radius 3 is 2.84 bits per heavy atom. The number of fused-ring (bicyclic) bond motifs is 1. The molecular weight excluding hydrogens is 260 g/mol. The predicted octanol–water partition coefficient (Wildman–Crippen LogP) is 4.14. The van der Waals surface area contributed by atoms with Gasteiger partial charge in [-0.2, -0.15) is 0 Å². The molecule has 1 aliphatic carbocycles. The number of aromatic nitrogens is 2. The van der Waals surface area contributed by atoms with E-state index in [4.69, 9.17) is 16.3 Å². The van der Waals surface area contributed by atoms with Crippen molar-refractivity contribution in [3.05, 3.63) is 24.0 Å². The molecule has 1 fully saturated rings. The van der Waals surface area contributed by atoms with Crippen LogP contribution in [0.5, 0.6) is 5.75 Å². The van der Waals surface area contributed by atoms with E-state index < -0.39 is 0 Å². The lowest BCUT2D eigenvalue weighted by Crippen LogP contribution is -2.23. The van der Waals surface area contributed by atoms with Gasteiger partial charge in [0.15, 0.2) is 0 Å². The maximum atomic E-state index is 6.08. The molecule has 2 aromatic rings. The number of alkyl halides is 1. The first kappa shape index (κ1) is 12.8. The van der Waals surface area contributed by atoms with Crippen LogP contribution >= 0.6 is 11.6 Å². The number of para-hydroxylation sites is 1. The van der Waals surface area contributed by atoms with E-state index in [2.05, 4.69) is 22.5 Å². The van der Waals surface area contributed by atoms with Crippen molar-refractivity contribution in [3.8, 4) is 5.75 Å². The molecule has 1 aliphatic rings. The highest BCUT2D eigenvalue weighted by molar-refractivity contribution is 6.16. The zero-order chi connectivity index (χ0) is 13.4. The molecule has 0 saturated heterocycles. The van der Waals surface area contributed by atoms with Gasteiger partial charge in [-0.1, -0.05) is 12.5 Å². The zero-order valence-corrected chi connectivity index (χ0v) is 12.2. The topological polar surface area (TPSA) is 27.1 Å². The maximum Gasteiger partial charge on any atom is 0.146 e. The second-order valence-electron chi connectivity index (χ2n) is 5.29. The molecule has 102 valence electrons. The molecule has 1 saturated carbocycles. The van der Waals surface area contributed by atoms with E-state index in [1.807, 2.05) is 12.1 Å². The van der Waals surface area contributed by atoms with Gasteiger partial charge in [0.1, 0.15) is 17.1 Å². The van der Waals surface area contributed by atoms with E-state index >= 15 is 0 Å². The van der Waals surface area contributed by atoms with Crippen molar-refractivity contribution in [2.75, 3.05) is 7.11 Å². The number of benzene rings is 1. The summed E-state index contributed by atoms with van der Waals surface area (Å²) in [5.74, 6) is 2.96. The fourth-order valence-corrected chi connectivity index (χ4v) is 3.17. The predicted molar refractivity (Wildman–Crippen MR) is 77.9 cm³/mol. The number of halogens is 1. The number of hydrogen-bond acceptors (Lipinski definition) is 2. The van der Waals surface area contributed by atoms with Crippen LogP contribution in [0.3, 0.4) is 0 Å². The first-order chi connectivity index (χ1) is 9.26. The minimum atomic E-state index is 0.439. The molecule has 4 heteroatoms. The van der Waals surface area contributed by atoms with Crippen molar-refractivity contribution in [1.82, 2.24) is 9.55 Å². The molecule has 0 amide bonds. The van der Waals surface area contributed by atoms with Gasteiger partial charge in [0, 0.05) is 6.04 Å². The van der Waals surface area contributed by atoms with Crippen LogP contribution in [0.1, 0.15) is 38.1 Å². The maximum absolute atomic E-state index is 6.08. The molecule has 3 rings (SSSR count). The smallest absolute Gasteiger partial charge is 0.146 e. The van der Waals surface area contributed by atoms with Crippen molar-refractivity contribution in [2.24, 2.45) is 5.92 Å². The Kier molecular flexibility index (Phi) is 3.40. The minimum Gasteiger partial charge on any atom is -0.494 e. The SMILES string of the molecule is COc1cccc2c1nc(CCl)n2C(C)C1CCC1. The molecule has 0 aliphatic heterocycles. The van der Waals surface area contributed by atoms with E-state index in [1.165, 1.54) is 19.3 Å². The second kappa shape index (κ2) is 5.04. The molecule has 1 atom stereocenters. The molecular formula is C15H19ClN2O. The summed E-state index contributed by atoms with van der Waals surface area (Å²) in [4.78, 5) is 4.67. The fourth-order valence-electron chi connectivity index (χ4n) is 2.99. The number of imidazole rings is 1. The van der Waals surface area contributed by atoms with Gasteiger partial charge in [0.2, 0.25) is 0 Å². The van der Waals surface area contributed by atoms with Crippen molar-refractivity contribution in [1.29, 1.82) is 0 Å². The summed E-state index contributed by atoms with van der Waals surface area (Å²) in [6.45, 7) is 2.28. The summed E-state index contributed by atoms with van der Waals surface area (Å²) < 4.78 is 7.70. The molecule has 0 spiro atoms. The Morgan fingerprint density at radius 2 is 2.26 bits per heavy atom. The van der Waals surface area contributed by atoms with Crippen LogP contribution < -0.4 is 4.74 Å². The Labute approximate surface area is 118 Å². The zero-order valence-electron chi connectivity index (χ0n) is 11.4. The summed E-state index contributed by atoms with van der Waals surface area (Å²) in [6.07, 6.45) is 3.97. The third-order valence-electron chi connectivity index (χ3n) is 4.33. The average Bonchev–Trinajstić information content (AvgIpc) is 2.74. The number of nitrogens with zero attached hydrogens (tertiary/aromatic N) is 2. The van der Waals surface area contributed by atoms with Crippen LogP contribution in [0.25, 0.3) is 11.0 Å². The first-order valence-electron chi connectivity index (χ1n) is 6.86. The normalized spacial score (nSPS) is 17.4. The van der Waals surface area contributed by atoms with Crippen LogP contribution in [0, 0.1) is 5.92 Å². The van der Waals surface area contributed by atoms with Crippen molar-refractivity contribution in [3.63, 3.8) is 0 Å². The van der Waals surface area contributed by atoms with E-state index in [0.29, 0.717) is 11.9 Å². The minimum absolute atomic E-state index is 0.439. The highest BCUT2D eigenvalue weighted by atomic mass is 35.5. The number of methoxy groups -OCH3 is 1. The molecule has 0 N–H and O–H groups in total. The Balaban J connectivity index is 2.15. The van der Waals surface area contributed by atoms with Crippen molar-refractivity contribution < 1.29 is 4.74 Å². The van der Waals surface area contributed by atoms with E-state index in [0.717, 1.165) is 28.5 Å². The van der Waals surface area contributed by atoms with Gasteiger partial charge >= 0.3 is 0 Å². The van der Waals surface area contributed by atoms with Crippen molar-refractivity contribution in [2.45, 2.75) is 38.1 Å². The van der Waals surface area contributed by atoms with Gasteiger partial charge in [-0.3, -0.25) is 0 Å². The van der Waals surface area contributed by atoms with Gasteiger partial charge in [-0.05, 0) is 37.8 Å². The van der Waals surface area contributed by atoms with Crippen LogP contribution in [0.2, 0.25) is 0 Å². The summed E-state index contributed by atoms with van der Waals surface area (Å²) in [6, 6.07) is 6.53. The number of hydrogen-bond donors (Lipinski definition) is 0. The van der Waals surface area contributed by atoms with E-state index in [-0.39, 0.29) is 0 Å². The standard InChI is InChI=1S/C15H19ClN2O/c1-10(11-5-3-6-11)18-12-7-4-8-13(19-2)15(12)17-14(18)9-16/h4,7-8,10-11H,3,5-6,9H2,1-2H3. The van der Waals surface area contributed by atoms with Gasteiger partial charge in [-0.25, -0.2) is 4.98 Å². The van der Waals surface area contributed by atoms with Crippen LogP contribution in [0.15, 0.2) is 18.2 Å². The third kappa shape index (κ3) is 2.00. The van der Waals surface area contributed by atoms with Crippen LogP contribution in [-0.4, -0.2) is 16.7 Å². The molecule has 1 aromatic heterocycles. The Bertz CT molecular complexity index is 589. The van der Waals surface area contributed by atoms with Gasteiger partial charge < -0.3 is 9.30 Å². The largest absolute Gasteiger partial charge is 0.494 e. The van der Waals surface area contributed by atoms with Gasteiger partial charge in [0.05, 0.1) is 18.5 Å². The summed E-state index contributed by atoms with van der Waals surface area (Å²) >= 11 is 6.08. The summed E-state index contributed by atoms with van der Waals surface area (Å²) in [5, 5.41) is 0. The average molecular weight is 279 g/mol. The second-order valence-corrected chi connectivity index (χ2v) is 5.56. The molecule has 1 aromatic carbocycles. The monoisotopic (exact) mass is 278 g/mol. The number of ether oxygens (including phenoxy) is 1. The highest BCUT2D eigenvalue weighted by Gasteiger charge is 2.28. The quantitative estimate of drug-likeness (QED) is 0.786. The van der Waals surface area contributed by atoms with Crippen LogP contribution in [-0.2, 0) is 5.88 Å². The molecule has 1 heterocycles. The van der Waals surface area contributed by atoms with Crippen LogP contribution in [0.4, 0.5) is 0 Å². The highest BCUT2D eigenvalue weighted by Crippen LogP contribution is 2.39. The molecule has 0 bridgehead atoms. The third-order valence-corrected chi connectivity index (χ3v) is 4.57. The molecule has 0 radical (unpaired) electrons. The lowest BCUT2D eigenvalue weighted by atomic mass is 9.80. The van der Waals surface area contributed by atoms with E-state index in [9.17, 15) is 0 Å². The lowest BCUT2D eigenvalue weighted by molar-refractivity contribution is 0.223. The summed E-state index contributed by atoms with van der Waals surface area (Å²) in [5.41, 5.74) is 2.06. The fraction of sp³-hybridized carbons (Fsp3) is 0.533.